The topological polar surface area (TPSA) is 62.7 Å². The molecule has 1 atom stereocenters. The molecule has 1 amide bonds. The highest BCUT2D eigenvalue weighted by Gasteiger charge is 2.20. The highest BCUT2D eigenvalue weighted by molar-refractivity contribution is 8.13. The molecule has 0 bridgehead atoms. The van der Waals surface area contributed by atoms with Gasteiger partial charge in [0.1, 0.15) is 6.54 Å². The van der Waals surface area contributed by atoms with E-state index in [1.807, 2.05) is 0 Å². The van der Waals surface area contributed by atoms with Gasteiger partial charge in [-0.1, -0.05) is 25.6 Å². The van der Waals surface area contributed by atoms with Gasteiger partial charge in [0.05, 0.1) is 6.61 Å². The molecule has 1 rings (SSSR count). The van der Waals surface area contributed by atoms with Crippen LogP contribution in [0.15, 0.2) is 4.99 Å². The minimum absolute atomic E-state index is 0.0615. The van der Waals surface area contributed by atoms with E-state index in [-0.39, 0.29) is 12.5 Å². The van der Waals surface area contributed by atoms with Gasteiger partial charge in [-0.15, -0.1) is 0 Å². The molecule has 1 heterocycles. The van der Waals surface area contributed by atoms with Crippen molar-refractivity contribution in [3.05, 3.63) is 0 Å². The highest BCUT2D eigenvalue weighted by Crippen LogP contribution is 2.18. The number of hydrogen-bond donors (Lipinski definition) is 2. The first-order valence-corrected chi connectivity index (χ1v) is 7.31. The number of methoxy groups -OCH3 is 1. The molecule has 104 valence electrons. The maximum absolute atomic E-state index is 11.5. The van der Waals surface area contributed by atoms with Gasteiger partial charge in [0.25, 0.3) is 0 Å². The van der Waals surface area contributed by atoms with Crippen LogP contribution in [0, 0.1) is 5.92 Å². The van der Waals surface area contributed by atoms with Crippen LogP contribution in [0.1, 0.15) is 20.3 Å². The van der Waals surface area contributed by atoms with Gasteiger partial charge in [0.15, 0.2) is 5.17 Å². The molecule has 1 fully saturated rings. The molecule has 1 aliphatic rings. The third kappa shape index (κ3) is 5.73. The number of rotatable bonds is 6. The number of ether oxygens (including phenoxy) is 1. The summed E-state index contributed by atoms with van der Waals surface area (Å²) < 4.78 is 4.86. The molecule has 0 radical (unpaired) electrons. The molecule has 6 heteroatoms. The van der Waals surface area contributed by atoms with Crippen molar-refractivity contribution in [2.45, 2.75) is 26.3 Å². The third-order valence-corrected chi connectivity index (χ3v) is 3.74. The first-order valence-electron chi connectivity index (χ1n) is 6.33. The number of amides is 1. The molecule has 0 aliphatic carbocycles. The Morgan fingerprint density at radius 1 is 1.67 bits per heavy atom. The molecule has 0 spiro atoms. The van der Waals surface area contributed by atoms with Crippen LogP contribution in [0.4, 0.5) is 0 Å². The third-order valence-electron chi connectivity index (χ3n) is 2.78. The van der Waals surface area contributed by atoms with E-state index in [1.165, 1.54) is 0 Å². The fourth-order valence-corrected chi connectivity index (χ4v) is 2.59. The zero-order valence-corrected chi connectivity index (χ0v) is 12.2. The largest absolute Gasteiger partial charge is 0.383 e. The van der Waals surface area contributed by atoms with Crippen LogP contribution in [0.2, 0.25) is 0 Å². The van der Waals surface area contributed by atoms with Crippen LogP contribution in [-0.4, -0.2) is 49.7 Å². The molecule has 2 N–H and O–H groups in total. The van der Waals surface area contributed by atoms with Crippen molar-refractivity contribution in [2.75, 3.05) is 32.6 Å². The predicted octanol–water partition coefficient (Wildman–Crippen LogP) is 0.856. The number of nitrogens with zero attached hydrogens (tertiary/aromatic N) is 1. The lowest BCUT2D eigenvalue weighted by Crippen LogP contribution is -2.41. The predicted molar refractivity (Wildman–Crippen MR) is 76.0 cm³/mol. The smallest absolute Gasteiger partial charge is 0.241 e. The second-order valence-corrected chi connectivity index (χ2v) is 5.68. The number of thioether (sulfide) groups is 1. The van der Waals surface area contributed by atoms with Gasteiger partial charge in [-0.3, -0.25) is 9.79 Å². The van der Waals surface area contributed by atoms with Crippen molar-refractivity contribution in [2.24, 2.45) is 10.9 Å². The first-order chi connectivity index (χ1) is 8.63. The van der Waals surface area contributed by atoms with Gasteiger partial charge in [0, 0.05) is 25.4 Å². The fraction of sp³-hybridized carbons (Fsp3) is 0.833. The standard InChI is InChI=1S/C12H23N3O2S/c1-9(2)10-4-7-18-12(15-10)14-8-11(16)13-5-6-17-3/h9-10H,4-8H2,1-3H3,(H,13,16)(H,14,15). The van der Waals surface area contributed by atoms with E-state index in [1.54, 1.807) is 18.9 Å². The molecular weight excluding hydrogens is 250 g/mol. The van der Waals surface area contributed by atoms with E-state index in [2.05, 4.69) is 29.5 Å². The summed E-state index contributed by atoms with van der Waals surface area (Å²) in [5, 5.41) is 7.02. The summed E-state index contributed by atoms with van der Waals surface area (Å²) in [5.41, 5.74) is 0. The molecule has 0 saturated carbocycles. The minimum atomic E-state index is -0.0615. The maximum atomic E-state index is 11.5. The van der Waals surface area contributed by atoms with Crippen LogP contribution in [-0.2, 0) is 9.53 Å². The van der Waals surface area contributed by atoms with Gasteiger partial charge in [-0.2, -0.15) is 0 Å². The van der Waals surface area contributed by atoms with E-state index in [0.29, 0.717) is 25.1 Å². The summed E-state index contributed by atoms with van der Waals surface area (Å²) in [4.78, 5) is 15.8. The van der Waals surface area contributed by atoms with Gasteiger partial charge in [0.2, 0.25) is 5.91 Å². The average Bonchev–Trinajstić information content (AvgIpc) is 2.37. The lowest BCUT2D eigenvalue weighted by atomic mass is 10.0. The Bertz CT molecular complexity index is 295. The van der Waals surface area contributed by atoms with Gasteiger partial charge < -0.3 is 15.4 Å². The van der Waals surface area contributed by atoms with Crippen molar-refractivity contribution >= 4 is 22.8 Å². The van der Waals surface area contributed by atoms with Crippen molar-refractivity contribution < 1.29 is 9.53 Å². The van der Waals surface area contributed by atoms with Crippen LogP contribution in [0.25, 0.3) is 0 Å². The molecule has 0 aromatic carbocycles. The molecule has 1 saturated heterocycles. The van der Waals surface area contributed by atoms with E-state index >= 15 is 0 Å². The SMILES string of the molecule is COCCNC(=O)CN=C1NC(C(C)C)CCS1. The normalized spacial score (nSPS) is 22.0. The molecule has 1 aliphatic heterocycles. The van der Waals surface area contributed by atoms with Crippen molar-refractivity contribution in [3.8, 4) is 0 Å². The van der Waals surface area contributed by atoms with Crippen LogP contribution in [0.3, 0.4) is 0 Å². The van der Waals surface area contributed by atoms with E-state index in [0.717, 1.165) is 17.3 Å². The summed E-state index contributed by atoms with van der Waals surface area (Å²) >= 11 is 1.69. The molecule has 1 unspecified atom stereocenters. The summed E-state index contributed by atoms with van der Waals surface area (Å²) in [5.74, 6) is 1.60. The second-order valence-electron chi connectivity index (χ2n) is 4.60. The van der Waals surface area contributed by atoms with Crippen LogP contribution < -0.4 is 10.6 Å². The lowest BCUT2D eigenvalue weighted by Gasteiger charge is -2.28. The molecular formula is C12H23N3O2S. The van der Waals surface area contributed by atoms with Crippen molar-refractivity contribution in [1.29, 1.82) is 0 Å². The number of carbonyl (C=O) groups excluding carboxylic acids is 1. The molecule has 18 heavy (non-hydrogen) atoms. The van der Waals surface area contributed by atoms with E-state index in [9.17, 15) is 4.79 Å². The number of carbonyl (C=O) groups is 1. The highest BCUT2D eigenvalue weighted by atomic mass is 32.2. The zero-order chi connectivity index (χ0) is 13.4. The molecule has 5 nitrogen and oxygen atoms in total. The number of amidine groups is 1. The Morgan fingerprint density at radius 2 is 2.44 bits per heavy atom. The average molecular weight is 273 g/mol. The zero-order valence-electron chi connectivity index (χ0n) is 11.4. The number of nitrogens with one attached hydrogen (secondary N) is 2. The van der Waals surface area contributed by atoms with Crippen LogP contribution >= 0.6 is 11.8 Å². The Balaban J connectivity index is 2.30. The Labute approximate surface area is 113 Å². The lowest BCUT2D eigenvalue weighted by molar-refractivity contribution is -0.119. The number of hydrogen-bond acceptors (Lipinski definition) is 4. The monoisotopic (exact) mass is 273 g/mol. The fourth-order valence-electron chi connectivity index (χ4n) is 1.64. The summed E-state index contributed by atoms with van der Waals surface area (Å²) in [7, 11) is 1.61. The Kier molecular flexibility index (Phi) is 7.12. The van der Waals surface area contributed by atoms with E-state index < -0.39 is 0 Å². The van der Waals surface area contributed by atoms with E-state index in [4.69, 9.17) is 4.74 Å². The Hall–Kier alpha value is -0.750. The summed E-state index contributed by atoms with van der Waals surface area (Å²) in [6, 6.07) is 0.474. The first kappa shape index (κ1) is 15.3. The van der Waals surface area contributed by atoms with Gasteiger partial charge in [-0.25, -0.2) is 0 Å². The van der Waals surface area contributed by atoms with Crippen molar-refractivity contribution in [3.63, 3.8) is 0 Å². The molecule has 0 aromatic heterocycles. The van der Waals surface area contributed by atoms with Crippen LogP contribution in [0.5, 0.6) is 0 Å². The minimum Gasteiger partial charge on any atom is -0.383 e. The molecule has 0 aromatic rings. The summed E-state index contributed by atoms with van der Waals surface area (Å²) in [6.45, 7) is 5.65. The van der Waals surface area contributed by atoms with Gasteiger partial charge in [-0.05, 0) is 12.3 Å². The number of aliphatic imine (C=N–C) groups is 1. The van der Waals surface area contributed by atoms with Crippen molar-refractivity contribution in [1.82, 2.24) is 10.6 Å². The maximum Gasteiger partial charge on any atom is 0.241 e. The van der Waals surface area contributed by atoms with Gasteiger partial charge >= 0.3 is 0 Å². The Morgan fingerprint density at radius 3 is 3.11 bits per heavy atom. The quantitative estimate of drug-likeness (QED) is 0.705. The second kappa shape index (κ2) is 8.37. The summed E-state index contributed by atoms with van der Waals surface area (Å²) in [6.07, 6.45) is 1.15.